The molecule has 0 aliphatic carbocycles. The number of hydrogen-bond donors (Lipinski definition) is 0. The van der Waals surface area contributed by atoms with Crippen LogP contribution >= 0.6 is 11.6 Å². The summed E-state index contributed by atoms with van der Waals surface area (Å²) in [5.74, 6) is -0.246. The molecule has 0 N–H and O–H groups in total. The summed E-state index contributed by atoms with van der Waals surface area (Å²) in [7, 11) is -3.47. The number of rotatable bonds is 3. The minimum Gasteiger partial charge on any atom is -0.337 e. The van der Waals surface area contributed by atoms with Crippen LogP contribution in [0.1, 0.15) is 36.0 Å². The maximum atomic E-state index is 13.0. The molecule has 1 atom stereocenters. The zero-order valence-electron chi connectivity index (χ0n) is 14.5. The molecule has 2 aliphatic heterocycles. The molecule has 1 aromatic rings. The third-order valence-electron chi connectivity index (χ3n) is 5.15. The molecule has 0 radical (unpaired) electrons. The van der Waals surface area contributed by atoms with Gasteiger partial charge in [-0.3, -0.25) is 4.79 Å². The fraction of sp³-hybridized carbons (Fsp3) is 0.556. The van der Waals surface area contributed by atoms with Crippen LogP contribution in [0.25, 0.3) is 0 Å². The molecule has 26 heavy (non-hydrogen) atoms. The SMILES string of the molecule is N#CC1CCN(S(=O)(=O)[C@H]2CCCN(C(=O)c3cccc(Cl)c3)C2)CC1. The maximum Gasteiger partial charge on any atom is 0.253 e. The van der Waals surface area contributed by atoms with Crippen molar-refractivity contribution in [1.29, 1.82) is 5.26 Å². The third-order valence-corrected chi connectivity index (χ3v) is 7.70. The standard InChI is InChI=1S/C18H22ClN3O3S/c19-16-4-1-3-15(11-16)18(23)21-8-2-5-17(13-21)26(24,25)22-9-6-14(12-20)7-10-22/h1,3-4,11,14,17H,2,5-10,13H2/t17-/m0/s1. The van der Waals surface area contributed by atoms with Gasteiger partial charge in [-0.1, -0.05) is 17.7 Å². The second-order valence-electron chi connectivity index (χ2n) is 6.87. The minimum absolute atomic E-state index is 0.0614. The van der Waals surface area contributed by atoms with Crippen LogP contribution in [-0.2, 0) is 10.0 Å². The molecule has 2 saturated heterocycles. The fourth-order valence-electron chi connectivity index (χ4n) is 3.62. The Morgan fingerprint density at radius 3 is 2.58 bits per heavy atom. The van der Waals surface area contributed by atoms with E-state index in [9.17, 15) is 13.2 Å². The molecule has 140 valence electrons. The minimum atomic E-state index is -3.47. The van der Waals surface area contributed by atoms with Crippen molar-refractivity contribution in [2.24, 2.45) is 5.92 Å². The Morgan fingerprint density at radius 1 is 1.19 bits per heavy atom. The summed E-state index contributed by atoms with van der Waals surface area (Å²) in [4.78, 5) is 14.3. The number of piperidine rings is 2. The number of halogens is 1. The monoisotopic (exact) mass is 395 g/mol. The number of amides is 1. The van der Waals surface area contributed by atoms with Gasteiger partial charge in [0, 0.05) is 42.7 Å². The lowest BCUT2D eigenvalue weighted by molar-refractivity contribution is 0.0725. The molecular formula is C18H22ClN3O3S. The molecule has 2 heterocycles. The van der Waals surface area contributed by atoms with Gasteiger partial charge in [0.05, 0.1) is 11.3 Å². The van der Waals surface area contributed by atoms with E-state index in [4.69, 9.17) is 16.9 Å². The highest BCUT2D eigenvalue weighted by Crippen LogP contribution is 2.26. The van der Waals surface area contributed by atoms with Gasteiger partial charge in [-0.05, 0) is 43.9 Å². The lowest BCUT2D eigenvalue weighted by Crippen LogP contribution is -2.51. The van der Waals surface area contributed by atoms with Crippen LogP contribution < -0.4 is 0 Å². The van der Waals surface area contributed by atoms with E-state index in [1.807, 2.05) is 0 Å². The number of nitriles is 1. The number of nitrogens with zero attached hydrogens (tertiary/aromatic N) is 3. The molecule has 0 spiro atoms. The third kappa shape index (κ3) is 4.03. The average Bonchev–Trinajstić information content (AvgIpc) is 2.67. The normalized spacial score (nSPS) is 22.8. The van der Waals surface area contributed by atoms with Gasteiger partial charge in [0.1, 0.15) is 0 Å². The quantitative estimate of drug-likeness (QED) is 0.787. The second-order valence-corrected chi connectivity index (χ2v) is 9.52. The molecule has 2 aliphatic rings. The summed E-state index contributed by atoms with van der Waals surface area (Å²) in [6.07, 6.45) is 2.37. The number of likely N-dealkylation sites (tertiary alicyclic amines) is 1. The topological polar surface area (TPSA) is 81.5 Å². The molecule has 6 nitrogen and oxygen atoms in total. The first-order valence-corrected chi connectivity index (χ1v) is 10.7. The number of carbonyl (C=O) groups excluding carboxylic acids is 1. The predicted octanol–water partition coefficient (Wildman–Crippen LogP) is 2.51. The Bertz CT molecular complexity index is 813. The lowest BCUT2D eigenvalue weighted by Gasteiger charge is -2.37. The Morgan fingerprint density at radius 2 is 1.92 bits per heavy atom. The highest BCUT2D eigenvalue weighted by atomic mass is 35.5. The lowest BCUT2D eigenvalue weighted by atomic mass is 10.0. The van der Waals surface area contributed by atoms with Gasteiger partial charge < -0.3 is 4.90 Å². The van der Waals surface area contributed by atoms with Crippen LogP contribution in [0.5, 0.6) is 0 Å². The molecular weight excluding hydrogens is 374 g/mol. The molecule has 0 bridgehead atoms. The van der Waals surface area contributed by atoms with E-state index in [1.54, 1.807) is 29.2 Å². The van der Waals surface area contributed by atoms with Gasteiger partial charge in [-0.2, -0.15) is 5.26 Å². The van der Waals surface area contributed by atoms with Crippen LogP contribution in [0.4, 0.5) is 0 Å². The van der Waals surface area contributed by atoms with Crippen LogP contribution in [0.15, 0.2) is 24.3 Å². The summed E-state index contributed by atoms with van der Waals surface area (Å²) < 4.78 is 27.5. The van der Waals surface area contributed by atoms with Crippen molar-refractivity contribution >= 4 is 27.5 Å². The molecule has 0 saturated carbocycles. The van der Waals surface area contributed by atoms with Gasteiger partial charge in [0.15, 0.2) is 0 Å². The van der Waals surface area contributed by atoms with Crippen LogP contribution in [0.3, 0.4) is 0 Å². The number of hydrogen-bond acceptors (Lipinski definition) is 4. The summed E-state index contributed by atoms with van der Waals surface area (Å²) in [6.45, 7) is 1.53. The van der Waals surface area contributed by atoms with Crippen molar-refractivity contribution in [3.63, 3.8) is 0 Å². The first kappa shape index (κ1) is 19.2. The number of sulfonamides is 1. The zero-order valence-corrected chi connectivity index (χ0v) is 16.0. The highest BCUT2D eigenvalue weighted by molar-refractivity contribution is 7.89. The molecule has 3 rings (SSSR count). The highest BCUT2D eigenvalue weighted by Gasteiger charge is 2.38. The molecule has 2 fully saturated rings. The number of carbonyl (C=O) groups is 1. The van der Waals surface area contributed by atoms with E-state index in [0.29, 0.717) is 55.9 Å². The Labute approximate surface area is 159 Å². The molecule has 1 aromatic carbocycles. The van der Waals surface area contributed by atoms with Crippen LogP contribution in [0, 0.1) is 17.2 Å². The van der Waals surface area contributed by atoms with Crippen molar-refractivity contribution in [1.82, 2.24) is 9.21 Å². The zero-order chi connectivity index (χ0) is 18.7. The summed E-state index contributed by atoms with van der Waals surface area (Å²) in [6, 6.07) is 8.93. The van der Waals surface area contributed by atoms with E-state index < -0.39 is 15.3 Å². The summed E-state index contributed by atoms with van der Waals surface area (Å²) in [5.41, 5.74) is 0.477. The van der Waals surface area contributed by atoms with Crippen molar-refractivity contribution in [2.75, 3.05) is 26.2 Å². The molecule has 0 unspecified atom stereocenters. The van der Waals surface area contributed by atoms with Crippen molar-refractivity contribution in [3.8, 4) is 6.07 Å². The van der Waals surface area contributed by atoms with Crippen LogP contribution in [-0.4, -0.2) is 55.0 Å². The average molecular weight is 396 g/mol. The maximum absolute atomic E-state index is 13.0. The van der Waals surface area contributed by atoms with Crippen molar-refractivity contribution in [2.45, 2.75) is 30.9 Å². The predicted molar refractivity (Wildman–Crippen MR) is 99.2 cm³/mol. The summed E-state index contributed by atoms with van der Waals surface area (Å²) >= 11 is 5.96. The van der Waals surface area contributed by atoms with Crippen LogP contribution in [0.2, 0.25) is 5.02 Å². The molecule has 0 aromatic heterocycles. The van der Waals surface area contributed by atoms with Gasteiger partial charge in [0.25, 0.3) is 5.91 Å². The Kier molecular flexibility index (Phi) is 5.86. The Balaban J connectivity index is 1.70. The largest absolute Gasteiger partial charge is 0.337 e. The fourth-order valence-corrected chi connectivity index (χ4v) is 5.78. The molecule has 1 amide bonds. The number of benzene rings is 1. The van der Waals surface area contributed by atoms with Crippen molar-refractivity contribution < 1.29 is 13.2 Å². The van der Waals surface area contributed by atoms with E-state index >= 15 is 0 Å². The van der Waals surface area contributed by atoms with Gasteiger partial charge in [0.2, 0.25) is 10.0 Å². The van der Waals surface area contributed by atoms with Gasteiger partial charge in [-0.15, -0.1) is 0 Å². The first-order valence-electron chi connectivity index (χ1n) is 8.85. The van der Waals surface area contributed by atoms with E-state index in [0.717, 1.165) is 0 Å². The van der Waals surface area contributed by atoms with E-state index in [-0.39, 0.29) is 18.4 Å². The van der Waals surface area contributed by atoms with Crippen molar-refractivity contribution in [3.05, 3.63) is 34.9 Å². The first-order chi connectivity index (χ1) is 12.4. The van der Waals surface area contributed by atoms with Gasteiger partial charge >= 0.3 is 0 Å². The van der Waals surface area contributed by atoms with E-state index in [1.165, 1.54) is 4.31 Å². The van der Waals surface area contributed by atoms with Gasteiger partial charge in [-0.25, -0.2) is 12.7 Å². The smallest absolute Gasteiger partial charge is 0.253 e. The van der Waals surface area contributed by atoms with E-state index in [2.05, 4.69) is 6.07 Å². The Hall–Kier alpha value is -1.62. The summed E-state index contributed by atoms with van der Waals surface area (Å²) in [5, 5.41) is 8.88. The second kappa shape index (κ2) is 7.95. The molecule has 8 heteroatoms.